The Hall–Kier alpha value is -3.07. The number of aryl methyl sites for hydroxylation is 1. The lowest BCUT2D eigenvalue weighted by Crippen LogP contribution is -2.15. The number of carboxylic acids is 1. The van der Waals surface area contributed by atoms with Crippen molar-refractivity contribution in [3.8, 4) is 22.1 Å². The van der Waals surface area contributed by atoms with Crippen LogP contribution >= 0.6 is 11.3 Å². The van der Waals surface area contributed by atoms with Gasteiger partial charge in [0.05, 0.1) is 16.1 Å². The lowest BCUT2D eigenvalue weighted by Gasteiger charge is -2.18. The molecule has 0 saturated heterocycles. The fourth-order valence-electron chi connectivity index (χ4n) is 3.12. The highest BCUT2D eigenvalue weighted by Gasteiger charge is 2.30. The van der Waals surface area contributed by atoms with Crippen molar-refractivity contribution in [1.29, 1.82) is 0 Å². The van der Waals surface area contributed by atoms with Crippen LogP contribution in [0.5, 0.6) is 11.5 Å². The second-order valence-electron chi connectivity index (χ2n) is 8.51. The number of halogens is 3. The zero-order valence-electron chi connectivity index (χ0n) is 18.6. The molecule has 0 radical (unpaired) electrons. The van der Waals surface area contributed by atoms with E-state index >= 15 is 0 Å². The minimum absolute atomic E-state index is 0.236. The Morgan fingerprint density at radius 3 is 2.27 bits per heavy atom. The minimum atomic E-state index is -4.39. The summed E-state index contributed by atoms with van der Waals surface area (Å²) >= 11 is 1.38. The number of rotatable bonds is 7. The molecule has 1 heterocycles. The molecule has 0 spiro atoms. The molecule has 5 nitrogen and oxygen atoms in total. The number of ether oxygens (including phenoxy) is 2. The Morgan fingerprint density at radius 1 is 1.06 bits per heavy atom. The Kier molecular flexibility index (Phi) is 7.02. The molecule has 3 rings (SSSR count). The predicted molar refractivity (Wildman–Crippen MR) is 120 cm³/mol. The predicted octanol–water partition coefficient (Wildman–Crippen LogP) is 6.48. The number of carbonyl (C=O) groups is 1. The molecule has 33 heavy (non-hydrogen) atoms. The summed E-state index contributed by atoms with van der Waals surface area (Å²) in [5.74, 6) is -0.0134. The molecule has 3 aromatic rings. The summed E-state index contributed by atoms with van der Waals surface area (Å²) in [6.07, 6.45) is -4.39. The van der Waals surface area contributed by atoms with Gasteiger partial charge in [-0.25, -0.2) is 9.78 Å². The Labute approximate surface area is 193 Å². The highest BCUT2D eigenvalue weighted by Crippen LogP contribution is 2.37. The van der Waals surface area contributed by atoms with Gasteiger partial charge in [0, 0.05) is 11.0 Å². The van der Waals surface area contributed by atoms with Crippen LogP contribution in [0, 0.1) is 6.92 Å². The molecule has 1 N–H and O–H groups in total. The van der Waals surface area contributed by atoms with Crippen molar-refractivity contribution in [2.75, 3.05) is 6.61 Å². The van der Waals surface area contributed by atoms with E-state index in [1.165, 1.54) is 23.5 Å². The quantitative estimate of drug-likeness (QED) is 0.420. The summed E-state index contributed by atoms with van der Waals surface area (Å²) in [6, 6.07) is 10.1. The molecule has 2 aromatic carbocycles. The molecular formula is C24H24F3NO4S. The van der Waals surface area contributed by atoms with Crippen LogP contribution < -0.4 is 9.47 Å². The number of nitrogens with zero attached hydrogens (tertiary/aromatic N) is 1. The van der Waals surface area contributed by atoms with Gasteiger partial charge in [0.15, 0.2) is 6.61 Å². The zero-order chi connectivity index (χ0) is 24.4. The van der Waals surface area contributed by atoms with Gasteiger partial charge in [-0.2, -0.15) is 13.2 Å². The Morgan fingerprint density at radius 2 is 1.73 bits per heavy atom. The van der Waals surface area contributed by atoms with Crippen LogP contribution in [0.4, 0.5) is 13.2 Å². The summed E-state index contributed by atoms with van der Waals surface area (Å²) in [7, 11) is 0. The summed E-state index contributed by atoms with van der Waals surface area (Å²) in [5, 5.41) is 9.38. The molecule has 176 valence electrons. The molecular weight excluding hydrogens is 455 g/mol. The van der Waals surface area contributed by atoms with Gasteiger partial charge in [-0.1, -0.05) is 32.9 Å². The van der Waals surface area contributed by atoms with Crippen LogP contribution in [0.1, 0.15) is 42.5 Å². The van der Waals surface area contributed by atoms with Gasteiger partial charge in [0.1, 0.15) is 23.1 Å². The van der Waals surface area contributed by atoms with E-state index in [4.69, 9.17) is 19.6 Å². The second-order valence-corrected chi connectivity index (χ2v) is 9.60. The van der Waals surface area contributed by atoms with Crippen molar-refractivity contribution >= 4 is 17.3 Å². The van der Waals surface area contributed by atoms with Crippen LogP contribution in [0.15, 0.2) is 42.5 Å². The molecule has 0 atom stereocenters. The van der Waals surface area contributed by atoms with E-state index in [-0.39, 0.29) is 12.0 Å². The summed E-state index contributed by atoms with van der Waals surface area (Å²) in [6.45, 7) is 7.64. The fraction of sp³-hybridized carbons (Fsp3) is 0.333. The standard InChI is InChI=1S/C24H24F3NO4S/c1-14-11-17(9-10-18(14)32-13-20(29)30)31-12-19-21(23(2,3)4)28-22(33-19)15-5-7-16(8-6-15)24(25,26)27/h5-11H,12-13H2,1-4H3,(H,29,30). The zero-order valence-corrected chi connectivity index (χ0v) is 19.4. The molecule has 1 aromatic heterocycles. The molecule has 0 fully saturated rings. The molecule has 0 bridgehead atoms. The van der Waals surface area contributed by atoms with Crippen LogP contribution in [0.3, 0.4) is 0 Å². The number of aromatic nitrogens is 1. The maximum absolute atomic E-state index is 12.9. The van der Waals surface area contributed by atoms with E-state index in [1.54, 1.807) is 25.1 Å². The van der Waals surface area contributed by atoms with E-state index in [1.807, 2.05) is 20.8 Å². The van der Waals surface area contributed by atoms with E-state index in [0.29, 0.717) is 22.1 Å². The van der Waals surface area contributed by atoms with Crippen molar-refractivity contribution < 1.29 is 32.5 Å². The van der Waals surface area contributed by atoms with E-state index in [2.05, 4.69) is 0 Å². The van der Waals surface area contributed by atoms with Gasteiger partial charge in [0.2, 0.25) is 0 Å². The topological polar surface area (TPSA) is 68.7 Å². The van der Waals surface area contributed by atoms with E-state index < -0.39 is 24.3 Å². The third kappa shape index (κ3) is 6.25. The summed E-state index contributed by atoms with van der Waals surface area (Å²) < 4.78 is 49.8. The SMILES string of the molecule is Cc1cc(OCc2sc(-c3ccc(C(F)(F)F)cc3)nc2C(C)(C)C)ccc1OCC(=O)O. The van der Waals surface area contributed by atoms with Crippen LogP contribution in [-0.4, -0.2) is 22.7 Å². The first-order chi connectivity index (χ1) is 15.3. The van der Waals surface area contributed by atoms with Gasteiger partial charge in [-0.05, 0) is 42.8 Å². The van der Waals surface area contributed by atoms with Gasteiger partial charge in [-0.15, -0.1) is 11.3 Å². The Balaban J connectivity index is 1.81. The van der Waals surface area contributed by atoms with Gasteiger partial charge < -0.3 is 14.6 Å². The monoisotopic (exact) mass is 479 g/mol. The molecule has 0 amide bonds. The lowest BCUT2D eigenvalue weighted by atomic mass is 9.91. The van der Waals surface area contributed by atoms with E-state index in [0.717, 1.165) is 28.3 Å². The number of hydrogen-bond acceptors (Lipinski definition) is 5. The number of aliphatic carboxylic acids is 1. The lowest BCUT2D eigenvalue weighted by molar-refractivity contribution is -0.139. The molecule has 0 aliphatic rings. The summed E-state index contributed by atoms with van der Waals surface area (Å²) in [5.41, 5.74) is 1.18. The van der Waals surface area contributed by atoms with Crippen molar-refractivity contribution in [2.24, 2.45) is 0 Å². The molecule has 0 aliphatic heterocycles. The van der Waals surface area contributed by atoms with Crippen molar-refractivity contribution in [1.82, 2.24) is 4.98 Å². The largest absolute Gasteiger partial charge is 0.488 e. The number of carboxylic acid groups (broad SMARTS) is 1. The number of benzene rings is 2. The highest BCUT2D eigenvalue weighted by atomic mass is 32.1. The number of thiazole rings is 1. The average molecular weight is 480 g/mol. The normalized spacial score (nSPS) is 12.0. The maximum Gasteiger partial charge on any atom is 0.416 e. The van der Waals surface area contributed by atoms with Gasteiger partial charge in [0.25, 0.3) is 0 Å². The first-order valence-corrected chi connectivity index (χ1v) is 10.9. The molecule has 0 aliphatic carbocycles. The fourth-order valence-corrected chi connectivity index (χ4v) is 4.31. The van der Waals surface area contributed by atoms with Gasteiger partial charge in [-0.3, -0.25) is 0 Å². The smallest absolute Gasteiger partial charge is 0.416 e. The third-order valence-corrected chi connectivity index (χ3v) is 5.81. The minimum Gasteiger partial charge on any atom is -0.488 e. The van der Waals surface area contributed by atoms with Gasteiger partial charge >= 0.3 is 12.1 Å². The first kappa shape index (κ1) is 24.6. The molecule has 0 unspecified atom stereocenters. The number of hydrogen-bond donors (Lipinski definition) is 1. The van der Waals surface area contributed by atoms with Crippen LogP contribution in [0.25, 0.3) is 10.6 Å². The highest BCUT2D eigenvalue weighted by molar-refractivity contribution is 7.15. The maximum atomic E-state index is 12.9. The van der Waals surface area contributed by atoms with Crippen molar-refractivity contribution in [3.05, 3.63) is 64.2 Å². The summed E-state index contributed by atoms with van der Waals surface area (Å²) in [4.78, 5) is 16.3. The van der Waals surface area contributed by atoms with Crippen molar-refractivity contribution in [3.63, 3.8) is 0 Å². The Bertz CT molecular complexity index is 1130. The van der Waals surface area contributed by atoms with Crippen LogP contribution in [-0.2, 0) is 23.0 Å². The molecule has 0 saturated carbocycles. The number of alkyl halides is 3. The van der Waals surface area contributed by atoms with E-state index in [9.17, 15) is 18.0 Å². The van der Waals surface area contributed by atoms with Crippen LogP contribution in [0.2, 0.25) is 0 Å². The molecule has 9 heteroatoms. The average Bonchev–Trinajstić information content (AvgIpc) is 3.16. The first-order valence-electron chi connectivity index (χ1n) is 10.1. The third-order valence-electron chi connectivity index (χ3n) is 4.73. The van der Waals surface area contributed by atoms with Crippen molar-refractivity contribution in [2.45, 2.75) is 45.9 Å². The second kappa shape index (κ2) is 9.43.